The van der Waals surface area contributed by atoms with Gasteiger partial charge in [0, 0.05) is 0 Å². The fraction of sp³-hybridized carbons (Fsp3) is 0.375. The summed E-state index contributed by atoms with van der Waals surface area (Å²) in [5.74, 6) is 2.36. The minimum absolute atomic E-state index is 0.367. The van der Waals surface area contributed by atoms with E-state index >= 15 is 0 Å². The SMILES string of the molecule is C[C@]12CC=C3c4ccc(OCc5ccccc5)cc4CC[C@H]3[C@@H]1C[C@@H](OCc1ccccc1)C2. The van der Waals surface area contributed by atoms with E-state index in [2.05, 4.69) is 85.8 Å². The van der Waals surface area contributed by atoms with E-state index in [9.17, 15) is 0 Å². The van der Waals surface area contributed by atoms with Gasteiger partial charge in [0.2, 0.25) is 0 Å². The lowest BCUT2D eigenvalue weighted by Crippen LogP contribution is -2.34. The summed E-state index contributed by atoms with van der Waals surface area (Å²) in [6.07, 6.45) is 8.86. The summed E-state index contributed by atoms with van der Waals surface area (Å²) in [7, 11) is 0. The van der Waals surface area contributed by atoms with Crippen LogP contribution in [0, 0.1) is 17.3 Å². The van der Waals surface area contributed by atoms with Crippen molar-refractivity contribution in [1.29, 1.82) is 0 Å². The van der Waals surface area contributed by atoms with Crippen LogP contribution in [0.3, 0.4) is 0 Å². The van der Waals surface area contributed by atoms with Crippen LogP contribution in [0.25, 0.3) is 5.57 Å². The molecule has 3 aliphatic carbocycles. The molecular formula is C32H34O2. The Hall–Kier alpha value is -2.84. The van der Waals surface area contributed by atoms with Crippen LogP contribution >= 0.6 is 0 Å². The largest absolute Gasteiger partial charge is 0.489 e. The molecule has 1 saturated carbocycles. The number of allylic oxidation sites excluding steroid dienone is 2. The zero-order valence-corrected chi connectivity index (χ0v) is 20.1. The zero-order chi connectivity index (χ0) is 23.0. The smallest absolute Gasteiger partial charge is 0.120 e. The molecule has 0 unspecified atom stereocenters. The highest BCUT2D eigenvalue weighted by molar-refractivity contribution is 5.73. The second-order valence-corrected chi connectivity index (χ2v) is 10.7. The van der Waals surface area contributed by atoms with Crippen molar-refractivity contribution < 1.29 is 9.47 Å². The first kappa shape index (κ1) is 21.7. The van der Waals surface area contributed by atoms with Crippen LogP contribution in [0.15, 0.2) is 84.9 Å². The summed E-state index contributed by atoms with van der Waals surface area (Å²) in [6, 6.07) is 27.8. The molecule has 0 aromatic heterocycles. The predicted molar refractivity (Wildman–Crippen MR) is 137 cm³/mol. The lowest BCUT2D eigenvalue weighted by atomic mass is 9.60. The van der Waals surface area contributed by atoms with Crippen LogP contribution in [-0.2, 0) is 24.4 Å². The van der Waals surface area contributed by atoms with E-state index in [0.717, 1.165) is 24.7 Å². The van der Waals surface area contributed by atoms with Gasteiger partial charge in [-0.05, 0) is 89.3 Å². The molecule has 0 aliphatic heterocycles. The van der Waals surface area contributed by atoms with Gasteiger partial charge in [-0.1, -0.05) is 79.7 Å². The Morgan fingerprint density at radius 3 is 2.38 bits per heavy atom. The summed E-state index contributed by atoms with van der Waals surface area (Å²) in [5.41, 5.74) is 7.34. The quantitative estimate of drug-likeness (QED) is 0.385. The Balaban J connectivity index is 1.15. The first-order valence-electron chi connectivity index (χ1n) is 12.8. The molecule has 2 nitrogen and oxygen atoms in total. The van der Waals surface area contributed by atoms with Crippen LogP contribution in [0.5, 0.6) is 5.75 Å². The standard InChI is InChI=1S/C32H34O2/c1-32-17-16-29-28-15-13-26(33-21-23-8-4-2-5-9-23)18-25(28)12-14-30(29)31(32)19-27(20-32)34-22-24-10-6-3-7-11-24/h2-11,13,15-16,18,27,30-31H,12,14,17,19-22H2,1H3/t27-,30-,31+,32-/m1/s1. The number of hydrogen-bond donors (Lipinski definition) is 0. The fourth-order valence-electron chi connectivity index (χ4n) is 6.70. The van der Waals surface area contributed by atoms with E-state index in [1.54, 1.807) is 5.57 Å². The van der Waals surface area contributed by atoms with Crippen LogP contribution < -0.4 is 4.74 Å². The normalized spacial score (nSPS) is 27.3. The molecule has 6 rings (SSSR count). The van der Waals surface area contributed by atoms with Gasteiger partial charge in [0.15, 0.2) is 0 Å². The maximum Gasteiger partial charge on any atom is 0.120 e. The van der Waals surface area contributed by atoms with Gasteiger partial charge in [0.1, 0.15) is 12.4 Å². The number of ether oxygens (including phenoxy) is 2. The number of benzene rings is 3. The van der Waals surface area contributed by atoms with Gasteiger partial charge in [-0.2, -0.15) is 0 Å². The molecule has 34 heavy (non-hydrogen) atoms. The molecule has 3 aliphatic rings. The number of rotatable bonds is 6. The van der Waals surface area contributed by atoms with Crippen LogP contribution in [-0.4, -0.2) is 6.10 Å². The second kappa shape index (κ2) is 9.07. The summed E-state index contributed by atoms with van der Waals surface area (Å²) in [4.78, 5) is 0. The molecular weight excluding hydrogens is 416 g/mol. The zero-order valence-electron chi connectivity index (χ0n) is 20.1. The van der Waals surface area contributed by atoms with Gasteiger partial charge >= 0.3 is 0 Å². The maximum atomic E-state index is 6.43. The Bertz CT molecular complexity index is 1170. The van der Waals surface area contributed by atoms with Crippen molar-refractivity contribution in [3.05, 3.63) is 107 Å². The molecule has 0 N–H and O–H groups in total. The minimum atomic E-state index is 0.367. The first-order chi connectivity index (χ1) is 16.7. The lowest BCUT2D eigenvalue weighted by Gasteiger charge is -2.44. The number of fused-ring (bicyclic) bond motifs is 5. The highest BCUT2D eigenvalue weighted by Crippen LogP contribution is 2.59. The summed E-state index contributed by atoms with van der Waals surface area (Å²) < 4.78 is 12.6. The molecule has 4 atom stereocenters. The van der Waals surface area contributed by atoms with Crippen molar-refractivity contribution in [3.63, 3.8) is 0 Å². The van der Waals surface area contributed by atoms with Gasteiger partial charge in [-0.25, -0.2) is 0 Å². The third-order valence-electron chi connectivity index (χ3n) is 8.47. The average Bonchev–Trinajstić information content (AvgIpc) is 3.24. The molecule has 0 heterocycles. The third-order valence-corrected chi connectivity index (χ3v) is 8.47. The lowest BCUT2D eigenvalue weighted by molar-refractivity contribution is 0.0378. The summed E-state index contributed by atoms with van der Waals surface area (Å²) in [6.45, 7) is 3.86. The van der Waals surface area contributed by atoms with Crippen LogP contribution in [0.2, 0.25) is 0 Å². The van der Waals surface area contributed by atoms with E-state index in [0.29, 0.717) is 24.0 Å². The molecule has 174 valence electrons. The molecule has 0 radical (unpaired) electrons. The monoisotopic (exact) mass is 450 g/mol. The van der Waals surface area contributed by atoms with Crippen LogP contribution in [0.1, 0.15) is 54.9 Å². The third kappa shape index (κ3) is 4.20. The molecule has 1 fully saturated rings. The molecule has 0 amide bonds. The molecule has 3 aromatic carbocycles. The van der Waals surface area contributed by atoms with E-state index < -0.39 is 0 Å². The van der Waals surface area contributed by atoms with Crippen molar-refractivity contribution in [2.45, 2.75) is 58.3 Å². The molecule has 0 spiro atoms. The molecule has 2 heteroatoms. The van der Waals surface area contributed by atoms with Gasteiger partial charge in [-0.15, -0.1) is 0 Å². The molecule has 0 bridgehead atoms. The van der Waals surface area contributed by atoms with Gasteiger partial charge in [-0.3, -0.25) is 0 Å². The maximum absolute atomic E-state index is 6.43. The predicted octanol–water partition coefficient (Wildman–Crippen LogP) is 7.62. The minimum Gasteiger partial charge on any atom is -0.489 e. The van der Waals surface area contributed by atoms with Crippen molar-refractivity contribution in [2.75, 3.05) is 0 Å². The summed E-state index contributed by atoms with van der Waals surface area (Å²) in [5, 5.41) is 0. The van der Waals surface area contributed by atoms with E-state index in [-0.39, 0.29) is 0 Å². The van der Waals surface area contributed by atoms with Crippen molar-refractivity contribution in [3.8, 4) is 5.75 Å². The van der Waals surface area contributed by atoms with Gasteiger partial charge in [0.05, 0.1) is 12.7 Å². The van der Waals surface area contributed by atoms with Gasteiger partial charge < -0.3 is 9.47 Å². The highest BCUT2D eigenvalue weighted by Gasteiger charge is 2.50. The van der Waals surface area contributed by atoms with E-state index in [1.807, 2.05) is 6.07 Å². The Morgan fingerprint density at radius 2 is 1.62 bits per heavy atom. The average molecular weight is 451 g/mol. The number of aryl methyl sites for hydroxylation is 1. The topological polar surface area (TPSA) is 18.5 Å². The van der Waals surface area contributed by atoms with E-state index in [1.165, 1.54) is 47.9 Å². The summed E-state index contributed by atoms with van der Waals surface area (Å²) >= 11 is 0. The van der Waals surface area contributed by atoms with Crippen molar-refractivity contribution in [1.82, 2.24) is 0 Å². The van der Waals surface area contributed by atoms with Crippen molar-refractivity contribution in [2.24, 2.45) is 17.3 Å². The van der Waals surface area contributed by atoms with E-state index in [4.69, 9.17) is 9.47 Å². The first-order valence-corrected chi connectivity index (χ1v) is 12.8. The Labute approximate surface area is 203 Å². The number of hydrogen-bond acceptors (Lipinski definition) is 2. The molecule has 3 aromatic rings. The molecule has 0 saturated heterocycles. The Kier molecular flexibility index (Phi) is 5.79. The Morgan fingerprint density at radius 1 is 0.882 bits per heavy atom. The van der Waals surface area contributed by atoms with Crippen LogP contribution in [0.4, 0.5) is 0 Å². The highest BCUT2D eigenvalue weighted by atomic mass is 16.5. The second-order valence-electron chi connectivity index (χ2n) is 10.7. The van der Waals surface area contributed by atoms with Crippen molar-refractivity contribution >= 4 is 5.57 Å². The fourth-order valence-corrected chi connectivity index (χ4v) is 6.70. The van der Waals surface area contributed by atoms with Gasteiger partial charge in [0.25, 0.3) is 0 Å².